The molecule has 0 saturated heterocycles. The minimum atomic E-state index is 0.739. The van der Waals surface area contributed by atoms with Crippen LogP contribution in [0.2, 0.25) is 0 Å². The topological polar surface area (TPSA) is 21.3 Å². The third-order valence-corrected chi connectivity index (χ3v) is 4.75. The molecular weight excluding hydrogens is 314 g/mol. The molecule has 0 aromatic heterocycles. The van der Waals surface area contributed by atoms with Crippen molar-refractivity contribution in [3.8, 4) is 5.75 Å². The van der Waals surface area contributed by atoms with E-state index in [9.17, 15) is 0 Å². The SMILES string of the molecule is CC1CCC(CCNCCOc2ccc(Br)cc2)CC1. The van der Waals surface area contributed by atoms with Crippen molar-refractivity contribution in [1.29, 1.82) is 0 Å². The summed E-state index contributed by atoms with van der Waals surface area (Å²) in [6.45, 7) is 5.18. The molecule has 1 aromatic carbocycles. The van der Waals surface area contributed by atoms with Gasteiger partial charge in [0.05, 0.1) is 0 Å². The van der Waals surface area contributed by atoms with Crippen LogP contribution in [0, 0.1) is 11.8 Å². The molecule has 0 amide bonds. The fraction of sp³-hybridized carbons (Fsp3) is 0.647. The average Bonchev–Trinajstić information content (AvgIpc) is 2.46. The van der Waals surface area contributed by atoms with Crippen LogP contribution in [0.3, 0.4) is 0 Å². The van der Waals surface area contributed by atoms with Crippen molar-refractivity contribution < 1.29 is 4.74 Å². The summed E-state index contributed by atoms with van der Waals surface area (Å²) >= 11 is 3.42. The quantitative estimate of drug-likeness (QED) is 0.731. The van der Waals surface area contributed by atoms with Crippen molar-refractivity contribution >= 4 is 15.9 Å². The van der Waals surface area contributed by atoms with Crippen LogP contribution in [0.4, 0.5) is 0 Å². The molecule has 0 unspecified atom stereocenters. The molecule has 3 heteroatoms. The molecule has 2 rings (SSSR count). The van der Waals surface area contributed by atoms with Gasteiger partial charge in [-0.2, -0.15) is 0 Å². The summed E-state index contributed by atoms with van der Waals surface area (Å²) in [5, 5.41) is 3.49. The molecule has 0 atom stereocenters. The first kappa shape index (κ1) is 15.8. The third kappa shape index (κ3) is 5.84. The number of benzene rings is 1. The Morgan fingerprint density at radius 1 is 1.10 bits per heavy atom. The van der Waals surface area contributed by atoms with Gasteiger partial charge in [-0.3, -0.25) is 0 Å². The summed E-state index contributed by atoms with van der Waals surface area (Å²) in [5.41, 5.74) is 0. The van der Waals surface area contributed by atoms with Crippen molar-refractivity contribution in [3.05, 3.63) is 28.7 Å². The highest BCUT2D eigenvalue weighted by Crippen LogP contribution is 2.29. The molecule has 2 nitrogen and oxygen atoms in total. The predicted octanol–water partition coefficient (Wildman–Crippen LogP) is 4.63. The number of nitrogens with one attached hydrogen (secondary N) is 1. The van der Waals surface area contributed by atoms with E-state index in [1.165, 1.54) is 32.1 Å². The first-order valence-corrected chi connectivity index (χ1v) is 8.62. The number of hydrogen-bond donors (Lipinski definition) is 1. The molecule has 0 bridgehead atoms. The number of ether oxygens (including phenoxy) is 1. The van der Waals surface area contributed by atoms with Crippen molar-refractivity contribution in [1.82, 2.24) is 5.32 Å². The lowest BCUT2D eigenvalue weighted by Crippen LogP contribution is -2.24. The van der Waals surface area contributed by atoms with Gasteiger partial charge in [-0.25, -0.2) is 0 Å². The van der Waals surface area contributed by atoms with Gasteiger partial charge in [-0.1, -0.05) is 48.5 Å². The molecule has 20 heavy (non-hydrogen) atoms. The molecule has 0 aliphatic heterocycles. The van der Waals surface area contributed by atoms with Crippen LogP contribution < -0.4 is 10.1 Å². The third-order valence-electron chi connectivity index (χ3n) is 4.23. The second-order valence-electron chi connectivity index (χ2n) is 5.97. The minimum absolute atomic E-state index is 0.739. The first-order chi connectivity index (χ1) is 9.74. The number of halogens is 1. The molecular formula is C17H26BrNO. The zero-order valence-electron chi connectivity index (χ0n) is 12.4. The molecule has 0 spiro atoms. The van der Waals surface area contributed by atoms with E-state index in [2.05, 4.69) is 28.2 Å². The Bertz CT molecular complexity index is 371. The Morgan fingerprint density at radius 3 is 2.50 bits per heavy atom. The maximum Gasteiger partial charge on any atom is 0.119 e. The lowest BCUT2D eigenvalue weighted by Gasteiger charge is -2.26. The van der Waals surface area contributed by atoms with Gasteiger partial charge in [0.2, 0.25) is 0 Å². The summed E-state index contributed by atoms with van der Waals surface area (Å²) in [6, 6.07) is 8.00. The van der Waals surface area contributed by atoms with Crippen LogP contribution in [0.25, 0.3) is 0 Å². The largest absolute Gasteiger partial charge is 0.492 e. The zero-order valence-corrected chi connectivity index (χ0v) is 14.0. The Balaban J connectivity index is 1.48. The van der Waals surface area contributed by atoms with Crippen molar-refractivity contribution in [2.45, 2.75) is 39.0 Å². The molecule has 0 heterocycles. The molecule has 1 fully saturated rings. The smallest absolute Gasteiger partial charge is 0.119 e. The zero-order chi connectivity index (χ0) is 14.2. The van der Waals surface area contributed by atoms with Gasteiger partial charge in [0, 0.05) is 11.0 Å². The van der Waals surface area contributed by atoms with Crippen molar-refractivity contribution in [3.63, 3.8) is 0 Å². The normalized spacial score (nSPS) is 22.7. The van der Waals surface area contributed by atoms with E-state index in [4.69, 9.17) is 4.74 Å². The molecule has 1 N–H and O–H groups in total. The summed E-state index contributed by atoms with van der Waals surface area (Å²) in [4.78, 5) is 0. The Labute approximate surface area is 131 Å². The standard InChI is InChI=1S/C17H26BrNO/c1-14-2-4-15(5-3-14)10-11-19-12-13-20-17-8-6-16(18)7-9-17/h6-9,14-15,19H,2-5,10-13H2,1H3. The van der Waals surface area contributed by atoms with Crippen LogP contribution in [0.5, 0.6) is 5.75 Å². The van der Waals surface area contributed by atoms with Crippen molar-refractivity contribution in [2.75, 3.05) is 19.7 Å². The molecule has 1 aliphatic rings. The van der Waals surface area contributed by atoms with Crippen LogP contribution in [-0.4, -0.2) is 19.7 Å². The van der Waals surface area contributed by atoms with Crippen LogP contribution in [-0.2, 0) is 0 Å². The van der Waals surface area contributed by atoms with Gasteiger partial charge in [-0.05, 0) is 49.1 Å². The molecule has 112 valence electrons. The summed E-state index contributed by atoms with van der Waals surface area (Å²) in [5.74, 6) is 2.85. The second-order valence-corrected chi connectivity index (χ2v) is 6.88. The molecule has 1 aromatic rings. The fourth-order valence-electron chi connectivity index (χ4n) is 2.82. The molecule has 1 aliphatic carbocycles. The maximum atomic E-state index is 5.68. The lowest BCUT2D eigenvalue weighted by atomic mass is 9.81. The maximum absolute atomic E-state index is 5.68. The van der Waals surface area contributed by atoms with Gasteiger partial charge in [0.15, 0.2) is 0 Å². The van der Waals surface area contributed by atoms with Crippen LogP contribution in [0.1, 0.15) is 39.0 Å². The highest BCUT2D eigenvalue weighted by molar-refractivity contribution is 9.10. The van der Waals surface area contributed by atoms with E-state index < -0.39 is 0 Å². The van der Waals surface area contributed by atoms with E-state index in [1.807, 2.05) is 24.3 Å². The predicted molar refractivity (Wildman–Crippen MR) is 88.2 cm³/mol. The van der Waals surface area contributed by atoms with Crippen LogP contribution >= 0.6 is 15.9 Å². The van der Waals surface area contributed by atoms with Gasteiger partial charge in [0.1, 0.15) is 12.4 Å². The summed E-state index contributed by atoms with van der Waals surface area (Å²) in [7, 11) is 0. The van der Waals surface area contributed by atoms with E-state index in [-0.39, 0.29) is 0 Å². The Hall–Kier alpha value is -0.540. The van der Waals surface area contributed by atoms with Gasteiger partial charge < -0.3 is 10.1 Å². The van der Waals surface area contributed by atoms with Crippen LogP contribution in [0.15, 0.2) is 28.7 Å². The summed E-state index contributed by atoms with van der Waals surface area (Å²) in [6.07, 6.45) is 7.04. The highest BCUT2D eigenvalue weighted by atomic mass is 79.9. The molecule has 0 radical (unpaired) electrons. The monoisotopic (exact) mass is 339 g/mol. The number of hydrogen-bond acceptors (Lipinski definition) is 2. The van der Waals surface area contributed by atoms with E-state index in [0.29, 0.717) is 0 Å². The van der Waals surface area contributed by atoms with Gasteiger partial charge in [0.25, 0.3) is 0 Å². The van der Waals surface area contributed by atoms with E-state index in [0.717, 1.165) is 41.8 Å². The Morgan fingerprint density at radius 2 is 1.80 bits per heavy atom. The molecule has 1 saturated carbocycles. The minimum Gasteiger partial charge on any atom is -0.492 e. The summed E-state index contributed by atoms with van der Waals surface area (Å²) < 4.78 is 6.77. The van der Waals surface area contributed by atoms with E-state index in [1.54, 1.807) is 0 Å². The highest BCUT2D eigenvalue weighted by Gasteiger charge is 2.17. The first-order valence-electron chi connectivity index (χ1n) is 7.83. The fourth-order valence-corrected chi connectivity index (χ4v) is 3.09. The van der Waals surface area contributed by atoms with Gasteiger partial charge in [-0.15, -0.1) is 0 Å². The Kier molecular flexibility index (Phi) is 6.88. The van der Waals surface area contributed by atoms with Crippen molar-refractivity contribution in [2.24, 2.45) is 11.8 Å². The second kappa shape index (κ2) is 8.68. The van der Waals surface area contributed by atoms with Gasteiger partial charge >= 0.3 is 0 Å². The lowest BCUT2D eigenvalue weighted by molar-refractivity contribution is 0.270. The number of rotatable bonds is 7. The average molecular weight is 340 g/mol. The van der Waals surface area contributed by atoms with E-state index >= 15 is 0 Å².